The third kappa shape index (κ3) is 7.93. The Morgan fingerprint density at radius 2 is 1.94 bits per heavy atom. The summed E-state index contributed by atoms with van der Waals surface area (Å²) in [7, 11) is 0. The first-order valence-electron chi connectivity index (χ1n) is 17.3. The number of thiazole rings is 1. The van der Waals surface area contributed by atoms with E-state index < -0.39 is 29.2 Å². The Hall–Kier alpha value is -5.75. The number of nitrogen functional groups attached to an aromatic ring is 1. The summed E-state index contributed by atoms with van der Waals surface area (Å²) < 4.78 is 1.70. The Morgan fingerprint density at radius 1 is 1.17 bits per heavy atom. The molecule has 1 aromatic carbocycles. The number of benzene rings is 1. The summed E-state index contributed by atoms with van der Waals surface area (Å²) in [6, 6.07) is 8.71. The predicted molar refractivity (Wildman–Crippen MR) is 195 cm³/mol. The second-order valence-electron chi connectivity index (χ2n) is 13.2. The summed E-state index contributed by atoms with van der Waals surface area (Å²) in [5.41, 5.74) is 7.51. The average Bonchev–Trinajstić information content (AvgIpc) is 3.91. The molecule has 2 saturated heterocycles. The van der Waals surface area contributed by atoms with Crippen LogP contribution in [-0.4, -0.2) is 85.0 Å². The van der Waals surface area contributed by atoms with Gasteiger partial charge in [0.1, 0.15) is 29.0 Å². The number of phenols is 1. The predicted octanol–water partition coefficient (Wildman–Crippen LogP) is 0.783. The summed E-state index contributed by atoms with van der Waals surface area (Å²) in [5.74, 6) is -3.22. The van der Waals surface area contributed by atoms with Crippen LogP contribution in [0.1, 0.15) is 43.4 Å². The third-order valence-corrected chi connectivity index (χ3v) is 11.4. The van der Waals surface area contributed by atoms with Crippen LogP contribution in [0.15, 0.2) is 82.2 Å². The molecule has 3 aromatic rings. The maximum absolute atomic E-state index is 13.5. The number of carboxylic acid groups (broad SMARTS) is 1. The topological polar surface area (TPSA) is 224 Å². The molecule has 1 aliphatic carbocycles. The minimum atomic E-state index is -1.57. The van der Waals surface area contributed by atoms with Crippen molar-refractivity contribution < 1.29 is 43.6 Å². The normalized spacial score (nSPS) is 21.0. The van der Waals surface area contributed by atoms with Gasteiger partial charge in [0.25, 0.3) is 17.7 Å². The lowest BCUT2D eigenvalue weighted by atomic mass is 10.0. The summed E-state index contributed by atoms with van der Waals surface area (Å²) in [4.78, 5) is 77.9. The Labute approximate surface area is 317 Å². The van der Waals surface area contributed by atoms with Crippen LogP contribution in [0.2, 0.25) is 0 Å². The van der Waals surface area contributed by atoms with Gasteiger partial charge in [0.15, 0.2) is 23.2 Å². The average molecular weight is 773 g/mol. The van der Waals surface area contributed by atoms with Crippen molar-refractivity contribution in [1.82, 2.24) is 20.1 Å². The number of allylic oxidation sites excluding steroid dienone is 1. The SMILES string of the molecule is Nc1nc(/C(=N/OC2CCCC2)C(=O)N[C@@H]2C(=O)N3C(C(=O)[O-])=C(C=C4CCN(Cc5ccc[n+](CC(=O)Nc6ccc(O)cc6)c5)C4=O)CS[C@H]23)cs1. The Balaban J connectivity index is 1.000. The van der Waals surface area contributed by atoms with Crippen LogP contribution >= 0.6 is 23.1 Å². The molecule has 2 atom stereocenters. The van der Waals surface area contributed by atoms with Crippen molar-refractivity contribution in [2.45, 2.75) is 62.7 Å². The van der Waals surface area contributed by atoms with Crippen molar-refractivity contribution in [2.24, 2.45) is 5.16 Å². The quantitative estimate of drug-likeness (QED) is 0.0503. The number of oxime groups is 1. The number of hydrogen-bond donors (Lipinski definition) is 4. The number of pyridine rings is 1. The third-order valence-electron chi connectivity index (χ3n) is 9.38. The van der Waals surface area contributed by atoms with Gasteiger partial charge in [-0.3, -0.25) is 24.1 Å². The van der Waals surface area contributed by atoms with Crippen molar-refractivity contribution in [2.75, 3.05) is 23.3 Å². The fourth-order valence-corrected chi connectivity index (χ4v) is 8.59. The lowest BCUT2D eigenvalue weighted by Gasteiger charge is -2.50. The number of carbonyl (C=O) groups is 5. The van der Waals surface area contributed by atoms with E-state index in [4.69, 9.17) is 10.6 Å². The van der Waals surface area contributed by atoms with E-state index in [1.807, 2.05) is 6.07 Å². The van der Waals surface area contributed by atoms with E-state index in [-0.39, 0.29) is 70.3 Å². The number of aromatic hydroxyl groups is 1. The Bertz CT molecular complexity index is 2090. The monoisotopic (exact) mass is 772 g/mol. The highest BCUT2D eigenvalue weighted by atomic mass is 32.2. The summed E-state index contributed by atoms with van der Waals surface area (Å²) in [6.45, 7) is 0.674. The highest BCUT2D eigenvalue weighted by Crippen LogP contribution is 2.41. The number of rotatable bonds is 12. The maximum Gasteiger partial charge on any atom is 0.290 e. The van der Waals surface area contributed by atoms with E-state index in [0.717, 1.165) is 47.5 Å². The van der Waals surface area contributed by atoms with Crippen molar-refractivity contribution in [3.05, 3.63) is 88.3 Å². The fraction of sp³-hybridized carbons (Fsp3) is 0.333. The van der Waals surface area contributed by atoms with Gasteiger partial charge in [-0.05, 0) is 74.1 Å². The number of amides is 4. The molecule has 18 heteroatoms. The van der Waals surface area contributed by atoms with Gasteiger partial charge in [-0.1, -0.05) is 5.16 Å². The number of anilines is 2. The molecular formula is C36H36N8O8S2. The zero-order valence-corrected chi connectivity index (χ0v) is 30.4. The van der Waals surface area contributed by atoms with Gasteiger partial charge in [0.05, 0.1) is 18.2 Å². The van der Waals surface area contributed by atoms with Crippen LogP contribution in [0.4, 0.5) is 10.8 Å². The van der Waals surface area contributed by atoms with Crippen LogP contribution in [-0.2, 0) is 41.9 Å². The van der Waals surface area contributed by atoms with E-state index in [0.29, 0.717) is 24.2 Å². The molecule has 0 unspecified atom stereocenters. The smallest absolute Gasteiger partial charge is 0.290 e. The molecule has 16 nitrogen and oxygen atoms in total. The second kappa shape index (κ2) is 15.7. The van der Waals surface area contributed by atoms with E-state index in [1.165, 1.54) is 30.0 Å². The molecule has 0 spiro atoms. The first kappa shape index (κ1) is 36.6. The highest BCUT2D eigenvalue weighted by Gasteiger charge is 2.53. The second-order valence-corrected chi connectivity index (χ2v) is 15.2. The molecular weight excluding hydrogens is 737 g/mol. The van der Waals surface area contributed by atoms with E-state index >= 15 is 0 Å². The summed E-state index contributed by atoms with van der Waals surface area (Å²) >= 11 is 2.38. The van der Waals surface area contributed by atoms with Gasteiger partial charge in [0, 0.05) is 40.6 Å². The van der Waals surface area contributed by atoms with Crippen LogP contribution in [0.5, 0.6) is 5.75 Å². The fourth-order valence-electron chi connectivity index (χ4n) is 6.74. The van der Waals surface area contributed by atoms with E-state index in [9.17, 15) is 34.2 Å². The van der Waals surface area contributed by atoms with Gasteiger partial charge in [-0.25, -0.2) is 4.98 Å². The first-order chi connectivity index (χ1) is 26.0. The molecule has 7 rings (SSSR count). The number of phenolic OH excluding ortho intramolecular Hbond substituents is 1. The molecule has 4 amide bonds. The molecule has 54 heavy (non-hydrogen) atoms. The number of likely N-dealkylation sites (tertiary alicyclic amines) is 1. The number of fused-ring (bicyclic) bond motifs is 1. The number of nitrogens with zero attached hydrogens (tertiary/aromatic N) is 5. The lowest BCUT2D eigenvalue weighted by molar-refractivity contribution is -0.684. The van der Waals surface area contributed by atoms with Gasteiger partial charge in [0.2, 0.25) is 12.5 Å². The molecule has 0 bridgehead atoms. The number of nitrogens with two attached hydrogens (primary N) is 1. The molecule has 280 valence electrons. The number of aliphatic carboxylic acids is 1. The molecule has 5 heterocycles. The van der Waals surface area contributed by atoms with Gasteiger partial charge >= 0.3 is 0 Å². The maximum atomic E-state index is 13.5. The largest absolute Gasteiger partial charge is 0.543 e. The number of carboxylic acids is 1. The Kier molecular flexibility index (Phi) is 10.6. The van der Waals surface area contributed by atoms with Crippen molar-refractivity contribution in [3.63, 3.8) is 0 Å². The molecule has 5 N–H and O–H groups in total. The van der Waals surface area contributed by atoms with Crippen LogP contribution in [0.25, 0.3) is 0 Å². The number of thioether (sulfide) groups is 1. The van der Waals surface area contributed by atoms with Gasteiger partial charge in [-0.15, -0.1) is 23.1 Å². The van der Waals surface area contributed by atoms with Crippen molar-refractivity contribution >= 4 is 69.2 Å². The van der Waals surface area contributed by atoms with Crippen LogP contribution in [0, 0.1) is 0 Å². The zero-order chi connectivity index (χ0) is 37.9. The molecule has 0 radical (unpaired) electrons. The molecule has 1 saturated carbocycles. The standard InChI is InChI=1S/C36H36N8O8S2/c37-36-39-26(19-54-36)28(41-52-25-5-1-2-6-25)31(47)40-29-33(49)44-30(35(50)51)22(18-53-34(29)44)14-21-11-13-43(32(21)48)16-20-4-3-12-42(15-20)17-27(46)38-23-7-9-24(45)10-8-23/h3-4,7-10,12,14-15,19,25,29,34H,1-2,5-6,11,13,16-18H2,(H5-,37,38,39,40,41,45,46,47,50,51)/t29-,34-/m1/s1. The summed E-state index contributed by atoms with van der Waals surface area (Å²) in [6.07, 6.45) is 8.88. The van der Waals surface area contributed by atoms with Crippen LogP contribution in [0.3, 0.4) is 0 Å². The van der Waals surface area contributed by atoms with Crippen LogP contribution < -0.4 is 26.0 Å². The van der Waals surface area contributed by atoms with Gasteiger partial charge in [-0.2, -0.15) is 4.57 Å². The molecule has 2 aromatic heterocycles. The molecule has 3 fully saturated rings. The zero-order valence-electron chi connectivity index (χ0n) is 28.8. The number of carbonyl (C=O) groups excluding carboxylic acids is 5. The minimum Gasteiger partial charge on any atom is -0.543 e. The number of nitrogens with one attached hydrogen (secondary N) is 2. The number of β-lactam (4-membered cyclic amide) rings is 1. The van der Waals surface area contributed by atoms with E-state index in [2.05, 4.69) is 20.8 Å². The molecule has 3 aliphatic heterocycles. The number of aromatic nitrogens is 2. The van der Waals surface area contributed by atoms with Crippen molar-refractivity contribution in [3.8, 4) is 5.75 Å². The number of hydrogen-bond acceptors (Lipinski definition) is 13. The highest BCUT2D eigenvalue weighted by molar-refractivity contribution is 8.00. The van der Waals surface area contributed by atoms with E-state index in [1.54, 1.807) is 45.4 Å². The summed E-state index contributed by atoms with van der Waals surface area (Å²) in [5, 5.41) is 32.5. The first-order valence-corrected chi connectivity index (χ1v) is 19.2. The Morgan fingerprint density at radius 3 is 2.67 bits per heavy atom. The van der Waals surface area contributed by atoms with Gasteiger partial charge < -0.3 is 41.1 Å². The minimum absolute atomic E-state index is 0.0247. The molecule has 4 aliphatic rings. The lowest BCUT2D eigenvalue weighted by Crippen LogP contribution is -2.71. The van der Waals surface area contributed by atoms with Crippen molar-refractivity contribution in [1.29, 1.82) is 0 Å².